The first-order chi connectivity index (χ1) is 16.1. The zero-order valence-corrected chi connectivity index (χ0v) is 18.4. The van der Waals surface area contributed by atoms with Crippen LogP contribution in [-0.2, 0) is 0 Å². The molecule has 1 aromatic carbocycles. The predicted molar refractivity (Wildman–Crippen MR) is 132 cm³/mol. The number of rotatable bonds is 4. The zero-order valence-electron chi connectivity index (χ0n) is 17.6. The molecule has 0 aliphatic heterocycles. The maximum absolute atomic E-state index is 11.7. The molecule has 160 valence electrons. The van der Waals surface area contributed by atoms with Gasteiger partial charge in [0, 0.05) is 40.4 Å². The molecule has 0 aliphatic carbocycles. The normalized spacial score (nSPS) is 11.4. The van der Waals surface area contributed by atoms with E-state index in [1.54, 1.807) is 25.5 Å². The van der Waals surface area contributed by atoms with E-state index in [0.29, 0.717) is 5.69 Å². The fourth-order valence-electron chi connectivity index (χ4n) is 4.05. The summed E-state index contributed by atoms with van der Waals surface area (Å²) < 4.78 is 0. The van der Waals surface area contributed by atoms with Gasteiger partial charge in [0.1, 0.15) is 5.69 Å². The number of pyridine rings is 2. The minimum atomic E-state index is 0.0577. The molecule has 4 N–H and O–H groups in total. The number of hydrogen-bond donors (Lipinski definition) is 3. The van der Waals surface area contributed by atoms with E-state index < -0.39 is 0 Å². The van der Waals surface area contributed by atoms with Gasteiger partial charge in [0.25, 0.3) is 0 Å². The molecule has 6 rings (SSSR count). The van der Waals surface area contributed by atoms with Gasteiger partial charge in [0.15, 0.2) is 5.78 Å². The fourth-order valence-corrected chi connectivity index (χ4v) is 4.96. The van der Waals surface area contributed by atoms with Crippen molar-refractivity contribution in [1.82, 2.24) is 25.1 Å². The van der Waals surface area contributed by atoms with Crippen molar-refractivity contribution >= 4 is 44.6 Å². The Balaban J connectivity index is 1.48. The van der Waals surface area contributed by atoms with Gasteiger partial charge in [-0.25, -0.2) is 0 Å². The molecule has 5 heterocycles. The first kappa shape index (κ1) is 19.4. The highest BCUT2D eigenvalue weighted by Crippen LogP contribution is 2.36. The quantitative estimate of drug-likeness (QED) is 0.299. The number of carbonyl (C=O) groups excluding carboxylic acids is 1. The second kappa shape index (κ2) is 7.39. The van der Waals surface area contributed by atoms with E-state index >= 15 is 0 Å². The summed E-state index contributed by atoms with van der Waals surface area (Å²) in [6.45, 7) is 1.58. The molecule has 0 amide bonds. The van der Waals surface area contributed by atoms with Crippen molar-refractivity contribution in [3.05, 3.63) is 72.0 Å². The summed E-state index contributed by atoms with van der Waals surface area (Å²) in [6, 6.07) is 15.8. The van der Waals surface area contributed by atoms with Gasteiger partial charge in [-0.1, -0.05) is 6.07 Å². The Labute approximate surface area is 192 Å². The smallest absolute Gasteiger partial charge is 0.169 e. The lowest BCUT2D eigenvalue weighted by atomic mass is 10.0. The van der Waals surface area contributed by atoms with Crippen molar-refractivity contribution in [3.63, 3.8) is 0 Å². The van der Waals surface area contributed by atoms with Crippen molar-refractivity contribution in [3.8, 4) is 33.1 Å². The highest BCUT2D eigenvalue weighted by molar-refractivity contribution is 7.17. The Morgan fingerprint density at radius 1 is 0.939 bits per heavy atom. The number of Topliss-reactive ketones (excluding diaryl/α,β-unsaturated/α-hetero) is 1. The van der Waals surface area contributed by atoms with Crippen LogP contribution in [0.25, 0.3) is 54.9 Å². The molecule has 5 aromatic heterocycles. The minimum Gasteiger partial charge on any atom is -0.397 e. The standard InChI is InChI=1S/C25H18N6OS/c1-13(32)22-4-5-23(33-22)25-18-10-21(29-19(18)6-7-28-25)24-17-9-14(2-3-20(17)30-31-24)15-8-16(26)12-27-11-15/h2-12,29H,26H2,1H3,(H,30,31). The van der Waals surface area contributed by atoms with Crippen LogP contribution in [0.5, 0.6) is 0 Å². The number of aromatic amines is 2. The number of nitrogen functional groups attached to an aromatic ring is 1. The maximum Gasteiger partial charge on any atom is 0.169 e. The number of benzene rings is 1. The molecule has 7 nitrogen and oxygen atoms in total. The number of nitrogens with one attached hydrogen (secondary N) is 2. The molecule has 0 bridgehead atoms. The Bertz CT molecular complexity index is 1680. The molecule has 0 atom stereocenters. The molecule has 33 heavy (non-hydrogen) atoms. The number of ketones is 1. The Kier molecular flexibility index (Phi) is 4.34. The molecule has 0 spiro atoms. The largest absolute Gasteiger partial charge is 0.397 e. The zero-order chi connectivity index (χ0) is 22.5. The van der Waals surface area contributed by atoms with E-state index in [0.717, 1.165) is 59.8 Å². The number of aromatic nitrogens is 5. The van der Waals surface area contributed by atoms with Crippen LogP contribution >= 0.6 is 11.3 Å². The van der Waals surface area contributed by atoms with E-state index in [1.807, 2.05) is 36.4 Å². The first-order valence-corrected chi connectivity index (χ1v) is 11.2. The Morgan fingerprint density at radius 2 is 1.82 bits per heavy atom. The summed E-state index contributed by atoms with van der Waals surface area (Å²) in [5, 5.41) is 9.68. The van der Waals surface area contributed by atoms with Crippen molar-refractivity contribution < 1.29 is 4.79 Å². The molecule has 0 aliphatic rings. The van der Waals surface area contributed by atoms with Gasteiger partial charge in [-0.05, 0) is 55.0 Å². The SMILES string of the molecule is CC(=O)c1ccc(-c2nccc3[nH]c(-c4n[nH]c5ccc(-c6cncc(N)c6)cc45)cc23)s1. The van der Waals surface area contributed by atoms with E-state index in [-0.39, 0.29) is 5.78 Å². The third kappa shape index (κ3) is 3.28. The van der Waals surface area contributed by atoms with E-state index in [2.05, 4.69) is 37.3 Å². The van der Waals surface area contributed by atoms with Gasteiger partial charge in [0.05, 0.1) is 32.3 Å². The minimum absolute atomic E-state index is 0.0577. The third-order valence-electron chi connectivity index (χ3n) is 5.65. The van der Waals surface area contributed by atoms with Crippen LogP contribution in [0.15, 0.2) is 67.1 Å². The average molecular weight is 451 g/mol. The van der Waals surface area contributed by atoms with Crippen molar-refractivity contribution in [2.75, 3.05) is 5.73 Å². The lowest BCUT2D eigenvalue weighted by Crippen LogP contribution is -1.87. The molecule has 0 radical (unpaired) electrons. The van der Waals surface area contributed by atoms with Crippen LogP contribution in [-0.4, -0.2) is 30.9 Å². The number of anilines is 1. The topological polar surface area (TPSA) is 113 Å². The lowest BCUT2D eigenvalue weighted by Gasteiger charge is -2.03. The molecule has 8 heteroatoms. The number of H-pyrrole nitrogens is 2. The number of fused-ring (bicyclic) bond motifs is 2. The summed E-state index contributed by atoms with van der Waals surface area (Å²) in [5.41, 5.74) is 13.0. The molecule has 0 saturated heterocycles. The van der Waals surface area contributed by atoms with Crippen molar-refractivity contribution in [2.24, 2.45) is 0 Å². The number of hydrogen-bond acceptors (Lipinski definition) is 6. The van der Waals surface area contributed by atoms with Crippen LogP contribution in [0.3, 0.4) is 0 Å². The predicted octanol–water partition coefficient (Wildman–Crippen LogP) is 5.68. The van der Waals surface area contributed by atoms with Crippen molar-refractivity contribution in [2.45, 2.75) is 6.92 Å². The van der Waals surface area contributed by atoms with Crippen LogP contribution in [0.4, 0.5) is 5.69 Å². The van der Waals surface area contributed by atoms with E-state index in [4.69, 9.17) is 5.73 Å². The monoisotopic (exact) mass is 450 g/mol. The van der Waals surface area contributed by atoms with Gasteiger partial charge in [-0.2, -0.15) is 5.10 Å². The van der Waals surface area contributed by atoms with Crippen LogP contribution in [0.2, 0.25) is 0 Å². The molecule has 0 fully saturated rings. The molecular weight excluding hydrogens is 432 g/mol. The fraction of sp³-hybridized carbons (Fsp3) is 0.0400. The first-order valence-electron chi connectivity index (χ1n) is 10.3. The van der Waals surface area contributed by atoms with E-state index in [1.165, 1.54) is 11.3 Å². The molecule has 6 aromatic rings. The summed E-state index contributed by atoms with van der Waals surface area (Å²) in [5.74, 6) is 0.0577. The number of nitrogens with two attached hydrogens (primary N) is 1. The van der Waals surface area contributed by atoms with Gasteiger partial charge in [-0.15, -0.1) is 11.3 Å². The van der Waals surface area contributed by atoms with Gasteiger partial charge < -0.3 is 10.7 Å². The molecule has 0 unspecified atom stereocenters. The summed E-state index contributed by atoms with van der Waals surface area (Å²) >= 11 is 1.46. The van der Waals surface area contributed by atoms with E-state index in [9.17, 15) is 4.79 Å². The highest BCUT2D eigenvalue weighted by atomic mass is 32.1. The highest BCUT2D eigenvalue weighted by Gasteiger charge is 2.16. The second-order valence-electron chi connectivity index (χ2n) is 7.86. The Morgan fingerprint density at radius 3 is 2.64 bits per heavy atom. The maximum atomic E-state index is 11.7. The molecule has 0 saturated carbocycles. The average Bonchev–Trinajstić information content (AvgIpc) is 3.55. The number of carbonyl (C=O) groups is 1. The summed E-state index contributed by atoms with van der Waals surface area (Å²) in [4.78, 5) is 25.7. The lowest BCUT2D eigenvalue weighted by molar-refractivity contribution is 0.102. The third-order valence-corrected chi connectivity index (χ3v) is 6.84. The van der Waals surface area contributed by atoms with Gasteiger partial charge >= 0.3 is 0 Å². The van der Waals surface area contributed by atoms with Crippen molar-refractivity contribution in [1.29, 1.82) is 0 Å². The van der Waals surface area contributed by atoms with Gasteiger partial charge in [0.2, 0.25) is 0 Å². The van der Waals surface area contributed by atoms with Gasteiger partial charge in [-0.3, -0.25) is 19.9 Å². The van der Waals surface area contributed by atoms with Crippen LogP contribution in [0.1, 0.15) is 16.6 Å². The summed E-state index contributed by atoms with van der Waals surface area (Å²) in [6.07, 6.45) is 5.21. The van der Waals surface area contributed by atoms with Crippen LogP contribution < -0.4 is 5.73 Å². The number of nitrogens with zero attached hydrogens (tertiary/aromatic N) is 3. The Hall–Kier alpha value is -4.30. The second-order valence-corrected chi connectivity index (χ2v) is 8.95. The molecular formula is C25H18N6OS. The summed E-state index contributed by atoms with van der Waals surface area (Å²) in [7, 11) is 0. The number of thiophene rings is 1. The van der Waals surface area contributed by atoms with Crippen LogP contribution in [0, 0.1) is 0 Å².